The van der Waals surface area contributed by atoms with Crippen molar-refractivity contribution < 1.29 is 4.74 Å². The zero-order valence-corrected chi connectivity index (χ0v) is 11.4. The lowest BCUT2D eigenvalue weighted by atomic mass is 10.2. The Morgan fingerprint density at radius 1 is 1.17 bits per heavy atom. The Bertz CT molecular complexity index is 526. The van der Waals surface area contributed by atoms with Crippen molar-refractivity contribution in [2.45, 2.75) is 20.4 Å². The fraction of sp³-hybridized carbons (Fsp3) is 0.333. The average Bonchev–Trinajstić information content (AvgIpc) is 2.64. The van der Waals surface area contributed by atoms with Gasteiger partial charge in [0.15, 0.2) is 0 Å². The number of hydrogen-bond acceptors (Lipinski definition) is 2. The van der Waals surface area contributed by atoms with Crippen molar-refractivity contribution in [1.29, 1.82) is 0 Å². The second kappa shape index (κ2) is 5.17. The van der Waals surface area contributed by atoms with E-state index in [4.69, 9.17) is 4.74 Å². The summed E-state index contributed by atoms with van der Waals surface area (Å²) in [5.41, 5.74) is 5.05. The summed E-state index contributed by atoms with van der Waals surface area (Å²) >= 11 is 0. The van der Waals surface area contributed by atoms with Gasteiger partial charge >= 0.3 is 0 Å². The van der Waals surface area contributed by atoms with E-state index in [0.29, 0.717) is 0 Å². The summed E-state index contributed by atoms with van der Waals surface area (Å²) in [6, 6.07) is 10.2. The van der Waals surface area contributed by atoms with Crippen LogP contribution in [0, 0.1) is 13.8 Å². The number of nitrogens with zero attached hydrogens (tertiary/aromatic N) is 1. The Kier molecular flexibility index (Phi) is 3.60. The molecule has 0 radical (unpaired) electrons. The first-order chi connectivity index (χ1) is 8.61. The lowest BCUT2D eigenvalue weighted by molar-refractivity contribution is 0.415. The van der Waals surface area contributed by atoms with E-state index in [9.17, 15) is 0 Å². The molecule has 0 fully saturated rings. The summed E-state index contributed by atoms with van der Waals surface area (Å²) in [6.07, 6.45) is 0. The molecule has 2 rings (SSSR count). The Labute approximate surface area is 108 Å². The van der Waals surface area contributed by atoms with Crippen LogP contribution in [0.1, 0.15) is 17.0 Å². The molecule has 0 bridgehead atoms. The van der Waals surface area contributed by atoms with Gasteiger partial charge in [-0.25, -0.2) is 0 Å². The summed E-state index contributed by atoms with van der Waals surface area (Å²) in [4.78, 5) is 0. The molecule has 1 aromatic carbocycles. The minimum Gasteiger partial charge on any atom is -0.497 e. The third-order valence-electron chi connectivity index (χ3n) is 3.45. The van der Waals surface area contributed by atoms with E-state index >= 15 is 0 Å². The SMILES string of the molecule is COc1ccc(NCc2cc(C)n(C)c2C)cc1. The van der Waals surface area contributed by atoms with E-state index in [0.717, 1.165) is 18.0 Å². The second-order valence-electron chi connectivity index (χ2n) is 4.54. The molecule has 3 nitrogen and oxygen atoms in total. The molecular weight excluding hydrogens is 224 g/mol. The number of hydrogen-bond donors (Lipinski definition) is 1. The van der Waals surface area contributed by atoms with Crippen LogP contribution in [0.3, 0.4) is 0 Å². The molecule has 0 saturated heterocycles. The molecule has 0 unspecified atom stereocenters. The van der Waals surface area contributed by atoms with E-state index in [2.05, 4.69) is 36.8 Å². The van der Waals surface area contributed by atoms with Crippen molar-refractivity contribution >= 4 is 5.69 Å². The molecular formula is C15H20N2O. The molecule has 0 spiro atoms. The molecule has 2 aromatic rings. The largest absolute Gasteiger partial charge is 0.497 e. The van der Waals surface area contributed by atoms with Gasteiger partial charge in [-0.15, -0.1) is 0 Å². The van der Waals surface area contributed by atoms with Gasteiger partial charge < -0.3 is 14.6 Å². The normalized spacial score (nSPS) is 10.4. The monoisotopic (exact) mass is 244 g/mol. The van der Waals surface area contributed by atoms with Crippen LogP contribution in [0.25, 0.3) is 0 Å². The van der Waals surface area contributed by atoms with Crippen molar-refractivity contribution in [1.82, 2.24) is 4.57 Å². The van der Waals surface area contributed by atoms with E-state index in [1.54, 1.807) is 7.11 Å². The van der Waals surface area contributed by atoms with Gasteiger partial charge in [0.2, 0.25) is 0 Å². The van der Waals surface area contributed by atoms with Gasteiger partial charge in [-0.2, -0.15) is 0 Å². The van der Waals surface area contributed by atoms with Crippen LogP contribution >= 0.6 is 0 Å². The van der Waals surface area contributed by atoms with Crippen LogP contribution in [0.2, 0.25) is 0 Å². The van der Waals surface area contributed by atoms with E-state index in [1.165, 1.54) is 17.0 Å². The van der Waals surface area contributed by atoms with Crippen LogP contribution in [-0.2, 0) is 13.6 Å². The third kappa shape index (κ3) is 2.50. The van der Waals surface area contributed by atoms with Gasteiger partial charge in [0.1, 0.15) is 5.75 Å². The lowest BCUT2D eigenvalue weighted by Crippen LogP contribution is -2.01. The van der Waals surface area contributed by atoms with Crippen molar-refractivity contribution in [3.05, 3.63) is 47.3 Å². The number of benzene rings is 1. The molecule has 18 heavy (non-hydrogen) atoms. The van der Waals surface area contributed by atoms with Gasteiger partial charge in [-0.1, -0.05) is 0 Å². The summed E-state index contributed by atoms with van der Waals surface area (Å²) in [6.45, 7) is 5.13. The van der Waals surface area contributed by atoms with Crippen LogP contribution < -0.4 is 10.1 Å². The zero-order chi connectivity index (χ0) is 13.1. The topological polar surface area (TPSA) is 26.2 Å². The van der Waals surface area contributed by atoms with Gasteiger partial charge in [0.05, 0.1) is 7.11 Å². The van der Waals surface area contributed by atoms with Crippen LogP contribution in [0.4, 0.5) is 5.69 Å². The van der Waals surface area contributed by atoms with Gasteiger partial charge in [-0.05, 0) is 49.7 Å². The first-order valence-electron chi connectivity index (χ1n) is 6.11. The Morgan fingerprint density at radius 3 is 2.33 bits per heavy atom. The van der Waals surface area contributed by atoms with Gasteiger partial charge in [0.25, 0.3) is 0 Å². The second-order valence-corrected chi connectivity index (χ2v) is 4.54. The number of ether oxygens (including phenoxy) is 1. The predicted molar refractivity (Wildman–Crippen MR) is 75.2 cm³/mol. The highest BCUT2D eigenvalue weighted by Gasteiger charge is 2.05. The van der Waals surface area contributed by atoms with Crippen molar-refractivity contribution in [3.63, 3.8) is 0 Å². The predicted octanol–water partition coefficient (Wildman–Crippen LogP) is 3.26. The van der Waals surface area contributed by atoms with Crippen molar-refractivity contribution in [2.24, 2.45) is 7.05 Å². The lowest BCUT2D eigenvalue weighted by Gasteiger charge is -2.07. The first kappa shape index (κ1) is 12.6. The molecule has 0 aliphatic rings. The zero-order valence-electron chi connectivity index (χ0n) is 11.4. The average molecular weight is 244 g/mol. The van der Waals surface area contributed by atoms with Crippen LogP contribution in [0.5, 0.6) is 5.75 Å². The van der Waals surface area contributed by atoms with Crippen LogP contribution in [0.15, 0.2) is 30.3 Å². The molecule has 1 N–H and O–H groups in total. The quantitative estimate of drug-likeness (QED) is 0.893. The molecule has 96 valence electrons. The molecule has 0 aliphatic heterocycles. The Balaban J connectivity index is 2.04. The Morgan fingerprint density at radius 2 is 1.83 bits per heavy atom. The third-order valence-corrected chi connectivity index (χ3v) is 3.45. The van der Waals surface area contributed by atoms with E-state index in [-0.39, 0.29) is 0 Å². The minimum absolute atomic E-state index is 0.847. The summed E-state index contributed by atoms with van der Waals surface area (Å²) in [7, 11) is 3.78. The summed E-state index contributed by atoms with van der Waals surface area (Å²) in [5.74, 6) is 0.882. The van der Waals surface area contributed by atoms with Gasteiger partial charge in [-0.3, -0.25) is 0 Å². The number of anilines is 1. The maximum absolute atomic E-state index is 5.14. The molecule has 1 heterocycles. The standard InChI is InChI=1S/C15H20N2O/c1-11-9-13(12(2)17(11)3)10-16-14-5-7-15(18-4)8-6-14/h5-9,16H,10H2,1-4H3. The fourth-order valence-electron chi connectivity index (χ4n) is 2.02. The molecule has 0 amide bonds. The highest BCUT2D eigenvalue weighted by Crippen LogP contribution is 2.18. The molecule has 0 atom stereocenters. The molecule has 3 heteroatoms. The summed E-state index contributed by atoms with van der Waals surface area (Å²) < 4.78 is 7.35. The number of rotatable bonds is 4. The maximum atomic E-state index is 5.14. The van der Waals surface area contributed by atoms with Crippen molar-refractivity contribution in [2.75, 3.05) is 12.4 Å². The summed E-state index contributed by atoms with van der Waals surface area (Å²) in [5, 5.41) is 3.42. The Hall–Kier alpha value is -1.90. The highest BCUT2D eigenvalue weighted by molar-refractivity contribution is 5.47. The number of nitrogens with one attached hydrogen (secondary N) is 1. The minimum atomic E-state index is 0.847. The van der Waals surface area contributed by atoms with E-state index < -0.39 is 0 Å². The first-order valence-corrected chi connectivity index (χ1v) is 6.11. The number of methoxy groups -OCH3 is 1. The smallest absolute Gasteiger partial charge is 0.119 e. The van der Waals surface area contributed by atoms with E-state index in [1.807, 2.05) is 24.3 Å². The fourth-order valence-corrected chi connectivity index (χ4v) is 2.02. The highest BCUT2D eigenvalue weighted by atomic mass is 16.5. The molecule has 0 saturated carbocycles. The number of aromatic nitrogens is 1. The molecule has 0 aliphatic carbocycles. The molecule has 1 aromatic heterocycles. The maximum Gasteiger partial charge on any atom is 0.119 e. The van der Waals surface area contributed by atoms with Crippen molar-refractivity contribution in [3.8, 4) is 5.75 Å². The van der Waals surface area contributed by atoms with Crippen LogP contribution in [-0.4, -0.2) is 11.7 Å². The number of aryl methyl sites for hydroxylation is 1. The van der Waals surface area contributed by atoms with Gasteiger partial charge in [0, 0.05) is 30.7 Å².